The largest absolute Gasteiger partial charge is 0.469 e. The first kappa shape index (κ1) is 12.7. The molecule has 0 unspecified atom stereocenters. The average Bonchev–Trinajstić information content (AvgIpc) is 2.88. The molecule has 1 amide bonds. The molecule has 1 aromatic carbocycles. The van der Waals surface area contributed by atoms with Crippen molar-refractivity contribution in [2.45, 2.75) is 19.8 Å². The van der Waals surface area contributed by atoms with E-state index in [1.54, 1.807) is 24.1 Å². The number of nitrogens with zero attached hydrogens (tertiary/aromatic N) is 1. The molecule has 1 aromatic heterocycles. The number of carbonyl (C=O) groups is 2. The van der Waals surface area contributed by atoms with Crippen molar-refractivity contribution in [3.63, 3.8) is 0 Å². The van der Waals surface area contributed by atoms with Gasteiger partial charge in [0.2, 0.25) is 5.91 Å². The lowest BCUT2D eigenvalue weighted by atomic mass is 9.96. The number of fused-ring (bicyclic) bond motifs is 1. The summed E-state index contributed by atoms with van der Waals surface area (Å²) in [5.41, 5.74) is 3.12. The summed E-state index contributed by atoms with van der Waals surface area (Å²) in [5.74, 6) is 0.780. The molecule has 1 aliphatic rings. The zero-order valence-electron chi connectivity index (χ0n) is 11.5. The van der Waals surface area contributed by atoms with Gasteiger partial charge in [-0.05, 0) is 43.2 Å². The van der Waals surface area contributed by atoms with Gasteiger partial charge in [-0.25, -0.2) is 0 Å². The second-order valence-corrected chi connectivity index (χ2v) is 5.07. The van der Waals surface area contributed by atoms with Crippen LogP contribution >= 0.6 is 0 Å². The van der Waals surface area contributed by atoms with Crippen molar-refractivity contribution in [2.24, 2.45) is 0 Å². The zero-order chi connectivity index (χ0) is 14.3. The number of hydrogen-bond acceptors (Lipinski definition) is 3. The van der Waals surface area contributed by atoms with Crippen molar-refractivity contribution in [1.82, 2.24) is 0 Å². The van der Waals surface area contributed by atoms with Crippen LogP contribution in [0.2, 0.25) is 0 Å². The highest BCUT2D eigenvalue weighted by molar-refractivity contribution is 6.09. The molecule has 1 aliphatic heterocycles. The van der Waals surface area contributed by atoms with Crippen LogP contribution in [0.5, 0.6) is 0 Å². The number of aryl methyl sites for hydroxylation is 2. The van der Waals surface area contributed by atoms with Crippen LogP contribution in [0, 0.1) is 6.92 Å². The summed E-state index contributed by atoms with van der Waals surface area (Å²) in [6.45, 7) is 1.81. The highest BCUT2D eigenvalue weighted by atomic mass is 16.3. The molecular formula is C16H15NO3. The van der Waals surface area contributed by atoms with Gasteiger partial charge in [-0.3, -0.25) is 9.59 Å². The number of carbonyl (C=O) groups excluding carboxylic acids is 2. The van der Waals surface area contributed by atoms with Gasteiger partial charge in [-0.2, -0.15) is 0 Å². The third-order valence-corrected chi connectivity index (χ3v) is 3.68. The number of hydrogen-bond donors (Lipinski definition) is 0. The number of amides is 1. The number of anilines is 1. The van der Waals surface area contributed by atoms with Gasteiger partial charge >= 0.3 is 0 Å². The maximum Gasteiger partial charge on any atom is 0.227 e. The number of benzene rings is 1. The standard InChI is InChI=1S/C16H15NO3/c1-10-7-13(9-20-10)16(19)12-3-5-14-11(8-12)4-6-15(18)17(14)2/h3,5,7-9H,4,6H2,1-2H3. The lowest BCUT2D eigenvalue weighted by Gasteiger charge is -2.25. The Kier molecular flexibility index (Phi) is 2.93. The Morgan fingerprint density at radius 3 is 2.70 bits per heavy atom. The minimum Gasteiger partial charge on any atom is -0.469 e. The van der Waals surface area contributed by atoms with E-state index in [0.29, 0.717) is 24.0 Å². The topological polar surface area (TPSA) is 50.5 Å². The molecule has 4 nitrogen and oxygen atoms in total. The quantitative estimate of drug-likeness (QED) is 0.788. The number of rotatable bonds is 2. The third-order valence-electron chi connectivity index (χ3n) is 3.68. The number of furan rings is 1. The molecule has 4 heteroatoms. The maximum absolute atomic E-state index is 12.4. The molecule has 0 fully saturated rings. The van der Waals surface area contributed by atoms with Gasteiger partial charge < -0.3 is 9.32 Å². The summed E-state index contributed by atoms with van der Waals surface area (Å²) in [5, 5.41) is 0. The van der Waals surface area contributed by atoms with E-state index in [1.165, 1.54) is 6.26 Å². The van der Waals surface area contributed by atoms with E-state index in [9.17, 15) is 9.59 Å². The van der Waals surface area contributed by atoms with Crippen molar-refractivity contribution in [3.8, 4) is 0 Å². The van der Waals surface area contributed by atoms with E-state index in [2.05, 4.69) is 0 Å². The van der Waals surface area contributed by atoms with Gasteiger partial charge in [-0.15, -0.1) is 0 Å². The summed E-state index contributed by atoms with van der Waals surface area (Å²) < 4.78 is 5.18. The summed E-state index contributed by atoms with van der Waals surface area (Å²) >= 11 is 0. The Bertz CT molecular complexity index is 699. The molecule has 0 saturated carbocycles. The molecule has 0 bridgehead atoms. The molecule has 3 rings (SSSR count). The van der Waals surface area contributed by atoms with E-state index >= 15 is 0 Å². The molecule has 20 heavy (non-hydrogen) atoms. The minimum absolute atomic E-state index is 0.0517. The predicted molar refractivity (Wildman–Crippen MR) is 75.1 cm³/mol. The fraction of sp³-hybridized carbons (Fsp3) is 0.250. The van der Waals surface area contributed by atoms with Gasteiger partial charge in [0.1, 0.15) is 12.0 Å². The molecule has 0 radical (unpaired) electrons. The first-order valence-corrected chi connectivity index (χ1v) is 6.55. The van der Waals surface area contributed by atoms with E-state index in [-0.39, 0.29) is 11.7 Å². The Morgan fingerprint density at radius 2 is 2.00 bits per heavy atom. The van der Waals surface area contributed by atoms with Gasteiger partial charge in [0.05, 0.1) is 5.56 Å². The first-order chi connectivity index (χ1) is 9.56. The highest BCUT2D eigenvalue weighted by Gasteiger charge is 2.22. The van der Waals surface area contributed by atoms with Gasteiger partial charge in [-0.1, -0.05) is 0 Å². The first-order valence-electron chi connectivity index (χ1n) is 6.55. The van der Waals surface area contributed by atoms with Gasteiger partial charge in [0, 0.05) is 24.7 Å². The molecule has 2 heterocycles. The summed E-state index contributed by atoms with van der Waals surface area (Å²) in [6, 6.07) is 7.21. The van der Waals surface area contributed by atoms with E-state index in [4.69, 9.17) is 4.42 Å². The lowest BCUT2D eigenvalue weighted by Crippen LogP contribution is -2.31. The number of ketones is 1. The van der Waals surface area contributed by atoms with Crippen LogP contribution in [0.25, 0.3) is 0 Å². The second-order valence-electron chi connectivity index (χ2n) is 5.07. The van der Waals surface area contributed by atoms with Crippen molar-refractivity contribution < 1.29 is 14.0 Å². The smallest absolute Gasteiger partial charge is 0.227 e. The van der Waals surface area contributed by atoms with Crippen LogP contribution < -0.4 is 4.90 Å². The summed E-state index contributed by atoms with van der Waals surface area (Å²) in [7, 11) is 1.77. The Hall–Kier alpha value is -2.36. The maximum atomic E-state index is 12.4. The van der Waals surface area contributed by atoms with Crippen molar-refractivity contribution in [2.75, 3.05) is 11.9 Å². The Morgan fingerprint density at radius 1 is 1.20 bits per heavy atom. The third kappa shape index (κ3) is 2.03. The minimum atomic E-state index is -0.0517. The van der Waals surface area contributed by atoms with Crippen LogP contribution in [0.4, 0.5) is 5.69 Å². The van der Waals surface area contributed by atoms with Crippen molar-refractivity contribution in [3.05, 3.63) is 53.0 Å². The van der Waals surface area contributed by atoms with Gasteiger partial charge in [0.15, 0.2) is 5.78 Å². The highest BCUT2D eigenvalue weighted by Crippen LogP contribution is 2.28. The Labute approximate surface area is 117 Å². The lowest BCUT2D eigenvalue weighted by molar-refractivity contribution is -0.118. The van der Waals surface area contributed by atoms with Gasteiger partial charge in [0.25, 0.3) is 0 Å². The molecule has 0 saturated heterocycles. The SMILES string of the molecule is Cc1cc(C(=O)c2ccc3c(c2)CCC(=O)N3C)co1. The fourth-order valence-corrected chi connectivity index (χ4v) is 2.53. The predicted octanol–water partition coefficient (Wildman–Crippen LogP) is 2.73. The van der Waals surface area contributed by atoms with Crippen molar-refractivity contribution >= 4 is 17.4 Å². The zero-order valence-corrected chi connectivity index (χ0v) is 11.5. The van der Waals surface area contributed by atoms with Crippen LogP contribution in [-0.4, -0.2) is 18.7 Å². The van der Waals surface area contributed by atoms with Crippen LogP contribution in [0.3, 0.4) is 0 Å². The molecule has 0 N–H and O–H groups in total. The molecule has 0 atom stereocenters. The summed E-state index contributed by atoms with van der Waals surface area (Å²) in [4.78, 5) is 25.6. The van der Waals surface area contributed by atoms with Crippen LogP contribution in [0.1, 0.15) is 33.7 Å². The molecule has 0 aliphatic carbocycles. The fourth-order valence-electron chi connectivity index (χ4n) is 2.53. The molecule has 102 valence electrons. The molecule has 0 spiro atoms. The Balaban J connectivity index is 1.97. The second kappa shape index (κ2) is 4.63. The summed E-state index contributed by atoms with van der Waals surface area (Å²) in [6.07, 6.45) is 2.66. The van der Waals surface area contributed by atoms with E-state index < -0.39 is 0 Å². The molecule has 2 aromatic rings. The molecular weight excluding hydrogens is 254 g/mol. The average molecular weight is 269 g/mol. The van der Waals surface area contributed by atoms with E-state index in [0.717, 1.165) is 17.0 Å². The van der Waals surface area contributed by atoms with E-state index in [1.807, 2.05) is 19.1 Å². The van der Waals surface area contributed by atoms with Crippen molar-refractivity contribution in [1.29, 1.82) is 0 Å². The normalized spacial score (nSPS) is 14.3. The van der Waals surface area contributed by atoms with Crippen LogP contribution in [0.15, 0.2) is 34.9 Å². The monoisotopic (exact) mass is 269 g/mol. The van der Waals surface area contributed by atoms with Crippen LogP contribution in [-0.2, 0) is 11.2 Å².